The Balaban J connectivity index is 1.99. The summed E-state index contributed by atoms with van der Waals surface area (Å²) in [5.74, 6) is 0. The smallest absolute Gasteiger partial charge is 0.336 e. The minimum absolute atomic E-state index is 0.308. The van der Waals surface area contributed by atoms with Gasteiger partial charge in [0.1, 0.15) is 5.58 Å². The van der Waals surface area contributed by atoms with Crippen molar-refractivity contribution in [2.24, 2.45) is 7.05 Å². The molecule has 0 saturated carbocycles. The van der Waals surface area contributed by atoms with Crippen LogP contribution in [0.3, 0.4) is 0 Å². The lowest BCUT2D eigenvalue weighted by Crippen LogP contribution is -2.30. The third kappa shape index (κ3) is 4.00. The highest BCUT2D eigenvalue weighted by Crippen LogP contribution is 2.27. The Kier molecular flexibility index (Phi) is 5.49. The number of rotatable bonds is 6. The molecule has 0 saturated heterocycles. The van der Waals surface area contributed by atoms with Gasteiger partial charge in [0.05, 0.1) is 6.20 Å². The van der Waals surface area contributed by atoms with Gasteiger partial charge in [0.25, 0.3) is 0 Å². The number of hydrogen-bond donors (Lipinski definition) is 0. The Morgan fingerprint density at radius 1 is 1.23 bits per heavy atom. The Hall–Kier alpha value is -2.11. The van der Waals surface area contributed by atoms with Gasteiger partial charge in [-0.05, 0) is 43.5 Å². The minimum Gasteiger partial charge on any atom is -0.423 e. The van der Waals surface area contributed by atoms with Crippen LogP contribution >= 0.6 is 11.6 Å². The van der Waals surface area contributed by atoms with Crippen LogP contribution < -0.4 is 5.63 Å². The van der Waals surface area contributed by atoms with Gasteiger partial charge >= 0.3 is 5.63 Å². The van der Waals surface area contributed by atoms with E-state index in [1.807, 2.05) is 38.5 Å². The zero-order valence-electron chi connectivity index (χ0n) is 15.6. The molecule has 0 amide bonds. The van der Waals surface area contributed by atoms with Crippen LogP contribution in [0, 0.1) is 0 Å². The summed E-state index contributed by atoms with van der Waals surface area (Å²) >= 11 is 6.40. The van der Waals surface area contributed by atoms with E-state index in [0.29, 0.717) is 23.2 Å². The van der Waals surface area contributed by atoms with Gasteiger partial charge in [-0.25, -0.2) is 4.79 Å². The van der Waals surface area contributed by atoms with Crippen LogP contribution in [0.1, 0.15) is 37.5 Å². The van der Waals surface area contributed by atoms with Crippen molar-refractivity contribution in [1.29, 1.82) is 0 Å². The second-order valence-electron chi connectivity index (χ2n) is 6.90. The van der Waals surface area contributed by atoms with E-state index in [1.54, 1.807) is 10.7 Å². The highest BCUT2D eigenvalue weighted by Gasteiger charge is 2.16. The summed E-state index contributed by atoms with van der Waals surface area (Å²) in [5.41, 5.74) is 3.31. The number of benzene rings is 1. The van der Waals surface area contributed by atoms with E-state index in [2.05, 4.69) is 23.8 Å². The van der Waals surface area contributed by atoms with Gasteiger partial charge in [-0.15, -0.1) is 0 Å². The summed E-state index contributed by atoms with van der Waals surface area (Å²) in [7, 11) is 1.91. The van der Waals surface area contributed by atoms with Gasteiger partial charge in [0.15, 0.2) is 0 Å². The lowest BCUT2D eigenvalue weighted by Gasteiger charge is -2.26. The van der Waals surface area contributed by atoms with Crippen molar-refractivity contribution < 1.29 is 4.42 Å². The first kappa shape index (κ1) is 18.7. The number of nitrogens with zero attached hydrogens (tertiary/aromatic N) is 3. The van der Waals surface area contributed by atoms with E-state index < -0.39 is 0 Å². The van der Waals surface area contributed by atoms with E-state index in [1.165, 1.54) is 0 Å². The van der Waals surface area contributed by atoms with E-state index in [0.717, 1.165) is 35.0 Å². The fourth-order valence-electron chi connectivity index (χ4n) is 3.12. The Morgan fingerprint density at radius 3 is 2.62 bits per heavy atom. The lowest BCUT2D eigenvalue weighted by molar-refractivity contribution is 0.204. The Labute approximate surface area is 158 Å². The zero-order valence-corrected chi connectivity index (χ0v) is 16.4. The van der Waals surface area contributed by atoms with Gasteiger partial charge in [0.2, 0.25) is 0 Å². The maximum atomic E-state index is 12.1. The molecule has 0 radical (unpaired) electrons. The number of aryl methyl sites for hydroxylation is 2. The molecule has 0 aliphatic heterocycles. The minimum atomic E-state index is -0.332. The normalized spacial score (nSPS) is 11.8. The van der Waals surface area contributed by atoms with Gasteiger partial charge in [-0.2, -0.15) is 5.10 Å². The molecule has 6 heteroatoms. The van der Waals surface area contributed by atoms with Gasteiger partial charge in [0, 0.05) is 54.4 Å². The molecule has 2 heterocycles. The highest BCUT2D eigenvalue weighted by atomic mass is 35.5. The number of hydrogen-bond acceptors (Lipinski definition) is 4. The number of fused-ring (bicyclic) bond motifs is 1. The summed E-state index contributed by atoms with van der Waals surface area (Å²) in [6.07, 6.45) is 4.68. The standard InChI is InChI=1S/C20H24ClN3O2/c1-5-15-6-19-17(8-18(15)21)16(7-20(25)26-19)12-24(13(2)3)11-14-9-22-23(4)10-14/h6-10,13H,5,11-12H2,1-4H3. The fourth-order valence-corrected chi connectivity index (χ4v) is 3.42. The zero-order chi connectivity index (χ0) is 18.8. The number of aromatic nitrogens is 2. The molecule has 0 spiro atoms. The molecule has 2 aromatic heterocycles. The predicted octanol–water partition coefficient (Wildman–Crippen LogP) is 4.15. The van der Waals surface area contributed by atoms with Crippen molar-refractivity contribution in [3.63, 3.8) is 0 Å². The average molecular weight is 374 g/mol. The summed E-state index contributed by atoms with van der Waals surface area (Å²) < 4.78 is 7.22. The van der Waals surface area contributed by atoms with Crippen LogP contribution in [0.25, 0.3) is 11.0 Å². The summed E-state index contributed by atoms with van der Waals surface area (Å²) in [4.78, 5) is 14.4. The van der Waals surface area contributed by atoms with Crippen molar-refractivity contribution in [2.45, 2.75) is 46.3 Å². The molecule has 0 aliphatic rings. The number of halogens is 1. The summed E-state index contributed by atoms with van der Waals surface area (Å²) in [6.45, 7) is 7.71. The average Bonchev–Trinajstić information content (AvgIpc) is 2.99. The van der Waals surface area contributed by atoms with Crippen LogP contribution in [0.4, 0.5) is 0 Å². The first-order chi connectivity index (χ1) is 12.4. The molecule has 0 unspecified atom stereocenters. The summed E-state index contributed by atoms with van der Waals surface area (Å²) in [5, 5.41) is 5.84. The SMILES string of the molecule is CCc1cc2oc(=O)cc(CN(Cc3cnn(C)c3)C(C)C)c2cc1Cl. The van der Waals surface area contributed by atoms with Crippen molar-refractivity contribution in [3.05, 3.63) is 62.7 Å². The van der Waals surface area contributed by atoms with Gasteiger partial charge in [-0.1, -0.05) is 18.5 Å². The van der Waals surface area contributed by atoms with E-state index in [9.17, 15) is 4.79 Å². The molecule has 138 valence electrons. The molecule has 5 nitrogen and oxygen atoms in total. The molecule has 0 fully saturated rings. The van der Waals surface area contributed by atoms with Crippen LogP contribution in [0.5, 0.6) is 0 Å². The van der Waals surface area contributed by atoms with Crippen LogP contribution in [0.2, 0.25) is 5.02 Å². The van der Waals surface area contributed by atoms with Gasteiger partial charge < -0.3 is 4.42 Å². The van der Waals surface area contributed by atoms with Crippen molar-refractivity contribution in [2.75, 3.05) is 0 Å². The maximum absolute atomic E-state index is 12.1. The Bertz CT molecular complexity index is 975. The highest BCUT2D eigenvalue weighted by molar-refractivity contribution is 6.32. The fraction of sp³-hybridized carbons (Fsp3) is 0.400. The van der Waals surface area contributed by atoms with Crippen molar-refractivity contribution in [3.8, 4) is 0 Å². The molecule has 1 aromatic carbocycles. The van der Waals surface area contributed by atoms with E-state index >= 15 is 0 Å². The van der Waals surface area contributed by atoms with Crippen LogP contribution in [-0.2, 0) is 26.6 Å². The molecular weight excluding hydrogens is 350 g/mol. The van der Waals surface area contributed by atoms with Crippen LogP contribution in [-0.4, -0.2) is 20.7 Å². The van der Waals surface area contributed by atoms with Crippen LogP contribution in [0.15, 0.2) is 39.8 Å². The Morgan fingerprint density at radius 2 is 2.00 bits per heavy atom. The predicted molar refractivity (Wildman–Crippen MR) is 104 cm³/mol. The quantitative estimate of drug-likeness (QED) is 0.609. The third-order valence-corrected chi connectivity index (χ3v) is 4.98. The maximum Gasteiger partial charge on any atom is 0.336 e. The molecule has 0 bridgehead atoms. The second-order valence-corrected chi connectivity index (χ2v) is 7.31. The van der Waals surface area contributed by atoms with Crippen molar-refractivity contribution >= 4 is 22.6 Å². The first-order valence-corrected chi connectivity index (χ1v) is 9.22. The molecule has 0 aliphatic carbocycles. The van der Waals surface area contributed by atoms with Gasteiger partial charge in [-0.3, -0.25) is 9.58 Å². The lowest BCUT2D eigenvalue weighted by atomic mass is 10.0. The van der Waals surface area contributed by atoms with Crippen molar-refractivity contribution in [1.82, 2.24) is 14.7 Å². The van der Waals surface area contributed by atoms with E-state index in [-0.39, 0.29) is 5.63 Å². The second kappa shape index (κ2) is 7.64. The molecular formula is C20H24ClN3O2. The third-order valence-electron chi connectivity index (χ3n) is 4.63. The topological polar surface area (TPSA) is 51.3 Å². The molecule has 3 rings (SSSR count). The molecule has 3 aromatic rings. The monoisotopic (exact) mass is 373 g/mol. The van der Waals surface area contributed by atoms with E-state index in [4.69, 9.17) is 16.0 Å². The molecule has 26 heavy (non-hydrogen) atoms. The molecule has 0 N–H and O–H groups in total. The molecule has 0 atom stereocenters. The summed E-state index contributed by atoms with van der Waals surface area (Å²) in [6, 6.07) is 5.67. The first-order valence-electron chi connectivity index (χ1n) is 8.84. The largest absolute Gasteiger partial charge is 0.423 e.